The van der Waals surface area contributed by atoms with Gasteiger partial charge in [0, 0.05) is 11.9 Å². The molecule has 0 fully saturated rings. The van der Waals surface area contributed by atoms with Crippen LogP contribution in [-0.2, 0) is 6.54 Å². The third-order valence-electron chi connectivity index (χ3n) is 2.88. The van der Waals surface area contributed by atoms with Crippen molar-refractivity contribution in [3.05, 3.63) is 58.0 Å². The van der Waals surface area contributed by atoms with Crippen LogP contribution in [0.5, 0.6) is 0 Å². The zero-order valence-electron chi connectivity index (χ0n) is 10.8. The van der Waals surface area contributed by atoms with Crippen LogP contribution in [0.15, 0.2) is 58.2 Å². The van der Waals surface area contributed by atoms with Crippen molar-refractivity contribution in [2.45, 2.75) is 6.54 Å². The van der Waals surface area contributed by atoms with Crippen molar-refractivity contribution in [3.63, 3.8) is 0 Å². The summed E-state index contributed by atoms with van der Waals surface area (Å²) in [7, 11) is 0. The average molecular weight is 302 g/mol. The second-order valence-corrected chi connectivity index (χ2v) is 5.99. The normalized spacial score (nSPS) is 11.9. The van der Waals surface area contributed by atoms with Crippen molar-refractivity contribution in [3.8, 4) is 10.6 Å². The molecule has 0 bridgehead atoms. The van der Waals surface area contributed by atoms with Crippen LogP contribution in [0.1, 0.15) is 0 Å². The van der Waals surface area contributed by atoms with E-state index in [9.17, 15) is 5.11 Å². The van der Waals surface area contributed by atoms with Gasteiger partial charge in [0.25, 0.3) is 0 Å². The van der Waals surface area contributed by atoms with E-state index in [1.165, 1.54) is 4.88 Å². The molecular weight excluding hydrogens is 288 g/mol. The quantitative estimate of drug-likeness (QED) is 0.787. The molecule has 0 amide bonds. The van der Waals surface area contributed by atoms with Crippen LogP contribution in [0, 0.1) is 0 Å². The van der Waals surface area contributed by atoms with Gasteiger partial charge in [-0.05, 0) is 23.6 Å². The van der Waals surface area contributed by atoms with Gasteiger partial charge >= 0.3 is 0 Å². The molecule has 1 N–H and O–H groups in total. The Labute approximate surface area is 125 Å². The molecule has 0 unspecified atom stereocenters. The number of benzene rings is 1. The maximum absolute atomic E-state index is 9.30. The van der Waals surface area contributed by atoms with E-state index < -0.39 is 0 Å². The zero-order valence-corrected chi connectivity index (χ0v) is 12.4. The Balaban J connectivity index is 2.10. The van der Waals surface area contributed by atoms with Gasteiger partial charge in [-0.1, -0.05) is 24.3 Å². The molecule has 0 aliphatic carbocycles. The maximum atomic E-state index is 9.30. The van der Waals surface area contributed by atoms with Crippen LogP contribution in [-0.4, -0.2) is 16.3 Å². The van der Waals surface area contributed by atoms with Crippen LogP contribution >= 0.6 is 22.7 Å². The van der Waals surface area contributed by atoms with E-state index >= 15 is 0 Å². The number of thiazole rings is 1. The highest BCUT2D eigenvalue weighted by Crippen LogP contribution is 2.25. The number of aliphatic hydroxyl groups excluding tert-OH is 1. The molecule has 3 rings (SSSR count). The molecule has 2 aromatic heterocycles. The molecule has 0 spiro atoms. The summed E-state index contributed by atoms with van der Waals surface area (Å²) in [6.07, 6.45) is 0. The highest BCUT2D eigenvalue weighted by Gasteiger charge is 2.08. The zero-order chi connectivity index (χ0) is 13.8. The standard InChI is InChI=1S/C15H14N2OS2/c18-9-8-17-13(14-7-4-10-19-14)11-20-15(17)16-12-5-2-1-3-6-12/h1-7,10-11,18H,8-9H2. The van der Waals surface area contributed by atoms with Crippen molar-refractivity contribution >= 4 is 28.4 Å². The largest absolute Gasteiger partial charge is 0.395 e. The first-order valence-corrected chi connectivity index (χ1v) is 8.07. The van der Waals surface area contributed by atoms with Gasteiger partial charge in [-0.25, -0.2) is 4.99 Å². The topological polar surface area (TPSA) is 37.5 Å². The second kappa shape index (κ2) is 6.17. The fraction of sp³-hybridized carbons (Fsp3) is 0.133. The lowest BCUT2D eigenvalue weighted by Crippen LogP contribution is -2.17. The minimum atomic E-state index is 0.108. The molecule has 20 heavy (non-hydrogen) atoms. The van der Waals surface area contributed by atoms with E-state index in [4.69, 9.17) is 0 Å². The number of para-hydroxylation sites is 1. The van der Waals surface area contributed by atoms with E-state index in [0.29, 0.717) is 6.54 Å². The highest BCUT2D eigenvalue weighted by atomic mass is 32.1. The molecule has 0 saturated carbocycles. The monoisotopic (exact) mass is 302 g/mol. The van der Waals surface area contributed by atoms with Gasteiger partial charge in [0.1, 0.15) is 0 Å². The minimum Gasteiger partial charge on any atom is -0.395 e. The molecule has 3 aromatic rings. The molecule has 0 aliphatic heterocycles. The summed E-state index contributed by atoms with van der Waals surface area (Å²) in [5.41, 5.74) is 2.05. The first-order chi connectivity index (χ1) is 9.88. The third-order valence-corrected chi connectivity index (χ3v) is 4.63. The van der Waals surface area contributed by atoms with Crippen molar-refractivity contribution < 1.29 is 5.11 Å². The van der Waals surface area contributed by atoms with Gasteiger partial charge < -0.3 is 9.67 Å². The van der Waals surface area contributed by atoms with Crippen molar-refractivity contribution in [1.29, 1.82) is 0 Å². The molecule has 0 saturated heterocycles. The highest BCUT2D eigenvalue weighted by molar-refractivity contribution is 7.14. The smallest absolute Gasteiger partial charge is 0.190 e. The SMILES string of the molecule is OCCn1c(-c2cccs2)csc1=Nc1ccccc1. The molecule has 102 valence electrons. The van der Waals surface area contributed by atoms with E-state index in [-0.39, 0.29) is 6.61 Å². The summed E-state index contributed by atoms with van der Waals surface area (Å²) in [6.45, 7) is 0.666. The summed E-state index contributed by atoms with van der Waals surface area (Å²) in [5.74, 6) is 0. The predicted octanol–water partition coefficient (Wildman–Crippen LogP) is 3.50. The Hall–Kier alpha value is -1.69. The molecule has 1 aromatic carbocycles. The van der Waals surface area contributed by atoms with Gasteiger partial charge in [0.2, 0.25) is 0 Å². The van der Waals surface area contributed by atoms with Crippen LogP contribution in [0.3, 0.4) is 0 Å². The van der Waals surface area contributed by atoms with Gasteiger partial charge in [-0.2, -0.15) is 0 Å². The van der Waals surface area contributed by atoms with Gasteiger partial charge in [0.05, 0.1) is 22.9 Å². The Morgan fingerprint density at radius 2 is 1.90 bits per heavy atom. The van der Waals surface area contributed by atoms with Crippen LogP contribution in [0.4, 0.5) is 5.69 Å². The Morgan fingerprint density at radius 1 is 1.05 bits per heavy atom. The number of rotatable bonds is 4. The lowest BCUT2D eigenvalue weighted by Gasteiger charge is -2.05. The fourth-order valence-electron chi connectivity index (χ4n) is 1.97. The van der Waals surface area contributed by atoms with Gasteiger partial charge in [-0.15, -0.1) is 22.7 Å². The van der Waals surface area contributed by atoms with Gasteiger partial charge in [-0.3, -0.25) is 0 Å². The molecule has 2 heterocycles. The Morgan fingerprint density at radius 3 is 2.60 bits per heavy atom. The average Bonchev–Trinajstić information content (AvgIpc) is 3.11. The lowest BCUT2D eigenvalue weighted by atomic mass is 10.3. The number of nitrogens with zero attached hydrogens (tertiary/aromatic N) is 2. The third kappa shape index (κ3) is 2.75. The lowest BCUT2D eigenvalue weighted by molar-refractivity contribution is 0.275. The van der Waals surface area contributed by atoms with Crippen LogP contribution in [0.25, 0.3) is 10.6 Å². The Kier molecular flexibility index (Phi) is 4.11. The Bertz CT molecular complexity index is 727. The molecule has 5 heteroatoms. The predicted molar refractivity (Wildman–Crippen MR) is 84.4 cm³/mol. The number of aliphatic hydroxyl groups is 1. The summed E-state index contributed by atoms with van der Waals surface area (Å²) < 4.78 is 2.07. The first kappa shape index (κ1) is 13.3. The number of aromatic nitrogens is 1. The summed E-state index contributed by atoms with van der Waals surface area (Å²) in [6, 6.07) is 14.0. The van der Waals surface area contributed by atoms with E-state index in [0.717, 1.165) is 16.2 Å². The molecule has 0 atom stereocenters. The number of hydrogen-bond donors (Lipinski definition) is 1. The fourth-order valence-corrected chi connectivity index (χ4v) is 3.74. The summed E-state index contributed by atoms with van der Waals surface area (Å²) >= 11 is 3.30. The van der Waals surface area contributed by atoms with Crippen molar-refractivity contribution in [2.24, 2.45) is 4.99 Å². The summed E-state index contributed by atoms with van der Waals surface area (Å²) in [4.78, 5) is 6.77. The van der Waals surface area contributed by atoms with E-state index in [1.807, 2.05) is 36.4 Å². The van der Waals surface area contributed by atoms with E-state index in [2.05, 4.69) is 26.4 Å². The number of hydrogen-bond acceptors (Lipinski definition) is 4. The minimum absolute atomic E-state index is 0.108. The first-order valence-electron chi connectivity index (χ1n) is 6.31. The summed E-state index contributed by atoms with van der Waals surface area (Å²) in [5, 5.41) is 13.5. The number of thiophene rings is 1. The molecular formula is C15H14N2OS2. The second-order valence-electron chi connectivity index (χ2n) is 4.20. The van der Waals surface area contributed by atoms with Crippen molar-refractivity contribution in [2.75, 3.05) is 6.61 Å². The van der Waals surface area contributed by atoms with Crippen molar-refractivity contribution in [1.82, 2.24) is 4.57 Å². The van der Waals surface area contributed by atoms with E-state index in [1.54, 1.807) is 22.7 Å². The van der Waals surface area contributed by atoms with Crippen LogP contribution < -0.4 is 4.80 Å². The molecule has 3 nitrogen and oxygen atoms in total. The maximum Gasteiger partial charge on any atom is 0.190 e. The molecule has 0 radical (unpaired) electrons. The van der Waals surface area contributed by atoms with Crippen LogP contribution in [0.2, 0.25) is 0 Å². The molecule has 0 aliphatic rings. The van der Waals surface area contributed by atoms with Gasteiger partial charge in [0.15, 0.2) is 4.80 Å².